The van der Waals surface area contributed by atoms with E-state index in [1.807, 2.05) is 0 Å². The molecule has 1 aromatic carbocycles. The van der Waals surface area contributed by atoms with Crippen molar-refractivity contribution >= 4 is 17.6 Å². The fourth-order valence-corrected chi connectivity index (χ4v) is 4.52. The minimum Gasteiger partial charge on any atom is -0.462 e. The number of nitrogens with zero attached hydrogens (tertiary/aromatic N) is 1. The fourth-order valence-electron chi connectivity index (χ4n) is 4.52. The van der Waals surface area contributed by atoms with Crippen molar-refractivity contribution in [2.24, 2.45) is 0 Å². The molecule has 2 rings (SSSR count). The monoisotopic (exact) mass is 379 g/mol. The zero-order valence-electron chi connectivity index (χ0n) is 17.2. The van der Waals surface area contributed by atoms with E-state index < -0.39 is 17.3 Å². The van der Waals surface area contributed by atoms with Crippen LogP contribution in [-0.4, -0.2) is 48.1 Å². The summed E-state index contributed by atoms with van der Waals surface area (Å²) in [5.41, 5.74) is 0.445. The maximum atomic E-state index is 13.9. The number of nitrogens with one attached hydrogen (secondary N) is 1. The molecular weight excluding hydrogens is 347 g/mol. The number of quaternary nitrogens is 1. The Hall–Kier alpha value is -1.95. The molecule has 27 heavy (non-hydrogen) atoms. The van der Waals surface area contributed by atoms with E-state index in [-0.39, 0.29) is 18.1 Å². The molecule has 0 unspecified atom stereocenters. The van der Waals surface area contributed by atoms with Crippen molar-refractivity contribution in [2.45, 2.75) is 59.4 Å². The summed E-state index contributed by atoms with van der Waals surface area (Å²) in [5, 5.41) is 2.97. The van der Waals surface area contributed by atoms with Crippen molar-refractivity contribution in [3.63, 3.8) is 0 Å². The van der Waals surface area contributed by atoms with Crippen LogP contribution in [0.2, 0.25) is 0 Å². The quantitative estimate of drug-likeness (QED) is 0.548. The zero-order chi connectivity index (χ0) is 20.2. The lowest BCUT2D eigenvalue weighted by atomic mass is 9.72. The van der Waals surface area contributed by atoms with Crippen LogP contribution < -0.4 is 5.32 Å². The number of ether oxygens (including phenoxy) is 1. The van der Waals surface area contributed by atoms with Crippen LogP contribution in [0.15, 0.2) is 12.1 Å². The average Bonchev–Trinajstić information content (AvgIpc) is 2.60. The molecular formula is C21H32FN2O3+. The molecule has 1 saturated carbocycles. The van der Waals surface area contributed by atoms with Gasteiger partial charge < -0.3 is 14.5 Å². The van der Waals surface area contributed by atoms with Crippen LogP contribution in [0, 0.1) is 12.7 Å². The van der Waals surface area contributed by atoms with Gasteiger partial charge in [0.2, 0.25) is 0 Å². The highest BCUT2D eigenvalue weighted by atomic mass is 19.1. The zero-order valence-corrected chi connectivity index (χ0v) is 17.2. The number of likely N-dealkylation sites (N-methyl/N-ethyl adjacent to an activating group) is 1. The van der Waals surface area contributed by atoms with Crippen LogP contribution in [0.4, 0.5) is 10.1 Å². The maximum absolute atomic E-state index is 13.9. The van der Waals surface area contributed by atoms with Crippen molar-refractivity contribution in [3.8, 4) is 0 Å². The van der Waals surface area contributed by atoms with E-state index >= 15 is 0 Å². The van der Waals surface area contributed by atoms with Crippen molar-refractivity contribution < 1.29 is 23.2 Å². The number of anilines is 1. The largest absolute Gasteiger partial charge is 0.462 e. The van der Waals surface area contributed by atoms with Crippen LogP contribution in [-0.2, 0) is 9.53 Å². The summed E-state index contributed by atoms with van der Waals surface area (Å²) in [7, 11) is 0. The molecule has 1 aliphatic carbocycles. The number of esters is 1. The van der Waals surface area contributed by atoms with Gasteiger partial charge >= 0.3 is 5.97 Å². The first-order chi connectivity index (χ1) is 12.8. The predicted octanol–water partition coefficient (Wildman–Crippen LogP) is 4.05. The number of amides is 1. The van der Waals surface area contributed by atoms with Crippen molar-refractivity contribution in [1.29, 1.82) is 0 Å². The van der Waals surface area contributed by atoms with Crippen molar-refractivity contribution in [1.82, 2.24) is 0 Å². The fraction of sp³-hybridized carbons (Fsp3) is 0.619. The van der Waals surface area contributed by atoms with Gasteiger partial charge in [-0.1, -0.05) is 0 Å². The van der Waals surface area contributed by atoms with Crippen molar-refractivity contribution in [2.75, 3.05) is 31.6 Å². The van der Waals surface area contributed by atoms with Crippen molar-refractivity contribution in [3.05, 3.63) is 29.1 Å². The smallest absolute Gasteiger partial charge is 0.340 e. The molecule has 1 fully saturated rings. The van der Waals surface area contributed by atoms with Gasteiger partial charge in [0.15, 0.2) is 5.54 Å². The summed E-state index contributed by atoms with van der Waals surface area (Å²) >= 11 is 0. The summed E-state index contributed by atoms with van der Waals surface area (Å²) in [5.74, 6) is -1.23. The number of hydrogen-bond acceptors (Lipinski definition) is 3. The SMILES string of the molecule is CCOC(=O)c1cc(F)cc(C)c1NC(=O)C1([N+](CC)(CC)CC)CCC1. The molecule has 1 aliphatic rings. The third-order valence-corrected chi connectivity index (χ3v) is 6.36. The minimum atomic E-state index is -0.625. The molecule has 0 bridgehead atoms. The number of benzene rings is 1. The summed E-state index contributed by atoms with van der Waals surface area (Å²) in [6.45, 7) is 12.5. The second-order valence-corrected chi connectivity index (χ2v) is 7.30. The standard InChI is InChI=1S/C21H31FN2O3/c1-6-24(7-2,8-3)21(11-10-12-21)20(26)23-18-15(5)13-16(22)14-17(18)19(25)27-9-4/h13-14H,6-12H2,1-5H3/p+1. The molecule has 150 valence electrons. The molecule has 0 spiro atoms. The molecule has 0 aliphatic heterocycles. The van der Waals surface area contributed by atoms with E-state index in [4.69, 9.17) is 4.74 Å². The highest BCUT2D eigenvalue weighted by Crippen LogP contribution is 2.44. The van der Waals surface area contributed by atoms with E-state index in [2.05, 4.69) is 26.1 Å². The normalized spacial score (nSPS) is 15.8. The molecule has 0 heterocycles. The van der Waals surface area contributed by atoms with Crippen LogP contribution in [0.25, 0.3) is 0 Å². The van der Waals surface area contributed by atoms with E-state index in [9.17, 15) is 14.0 Å². The van der Waals surface area contributed by atoms with Gasteiger partial charge in [0.1, 0.15) is 5.82 Å². The minimum absolute atomic E-state index is 0.0692. The molecule has 1 amide bonds. The summed E-state index contributed by atoms with van der Waals surface area (Å²) < 4.78 is 19.7. The second-order valence-electron chi connectivity index (χ2n) is 7.30. The van der Waals surface area contributed by atoms with E-state index in [1.54, 1.807) is 13.8 Å². The van der Waals surface area contributed by atoms with Gasteiger partial charge in [0, 0.05) is 12.8 Å². The maximum Gasteiger partial charge on any atom is 0.340 e. The lowest BCUT2D eigenvalue weighted by Gasteiger charge is -2.55. The summed E-state index contributed by atoms with van der Waals surface area (Å²) in [6.07, 6.45) is 2.66. The molecule has 6 heteroatoms. The van der Waals surface area contributed by atoms with Gasteiger partial charge in [-0.3, -0.25) is 4.79 Å². The van der Waals surface area contributed by atoms with Crippen LogP contribution in [0.5, 0.6) is 0 Å². The predicted molar refractivity (Wildman–Crippen MR) is 104 cm³/mol. The number of carbonyl (C=O) groups excluding carboxylic acids is 2. The van der Waals surface area contributed by atoms with Gasteiger partial charge in [-0.05, 0) is 58.7 Å². The average molecular weight is 379 g/mol. The van der Waals surface area contributed by atoms with Gasteiger partial charge in [0.25, 0.3) is 5.91 Å². The molecule has 0 atom stereocenters. The Morgan fingerprint density at radius 2 is 1.74 bits per heavy atom. The Balaban J connectivity index is 2.44. The van der Waals surface area contributed by atoms with Gasteiger partial charge in [0.05, 0.1) is 37.5 Å². The first-order valence-electron chi connectivity index (χ1n) is 9.95. The summed E-state index contributed by atoms with van der Waals surface area (Å²) in [4.78, 5) is 25.7. The first kappa shape index (κ1) is 21.4. The number of halogens is 1. The highest BCUT2D eigenvalue weighted by molar-refractivity contribution is 6.05. The van der Waals surface area contributed by atoms with E-state index in [1.165, 1.54) is 6.07 Å². The topological polar surface area (TPSA) is 55.4 Å². The lowest BCUT2D eigenvalue weighted by Crippen LogP contribution is -2.72. The number of carbonyl (C=O) groups is 2. The highest BCUT2D eigenvalue weighted by Gasteiger charge is 2.58. The van der Waals surface area contributed by atoms with Crippen LogP contribution in [0.1, 0.15) is 62.9 Å². The van der Waals surface area contributed by atoms with Gasteiger partial charge in [-0.15, -0.1) is 0 Å². The van der Waals surface area contributed by atoms with Gasteiger partial charge in [-0.2, -0.15) is 0 Å². The molecule has 0 aromatic heterocycles. The third-order valence-electron chi connectivity index (χ3n) is 6.36. The molecule has 0 saturated heterocycles. The Labute approximate surface area is 161 Å². The molecule has 1 aromatic rings. The van der Waals surface area contributed by atoms with E-state index in [0.717, 1.165) is 45.0 Å². The second kappa shape index (κ2) is 8.38. The Bertz CT molecular complexity index is 701. The Morgan fingerprint density at radius 1 is 1.15 bits per heavy atom. The summed E-state index contributed by atoms with van der Waals surface area (Å²) in [6, 6.07) is 2.46. The Morgan fingerprint density at radius 3 is 2.19 bits per heavy atom. The number of aryl methyl sites for hydroxylation is 1. The molecule has 5 nitrogen and oxygen atoms in total. The molecule has 1 N–H and O–H groups in total. The van der Waals surface area contributed by atoms with Crippen LogP contribution >= 0.6 is 0 Å². The Kier molecular flexibility index (Phi) is 6.63. The third kappa shape index (κ3) is 3.59. The lowest BCUT2D eigenvalue weighted by molar-refractivity contribution is -0.967. The number of hydrogen-bond donors (Lipinski definition) is 1. The van der Waals surface area contributed by atoms with Crippen LogP contribution in [0.3, 0.4) is 0 Å². The molecule has 0 radical (unpaired) electrons. The van der Waals surface area contributed by atoms with Gasteiger partial charge in [-0.25, -0.2) is 9.18 Å². The first-order valence-corrected chi connectivity index (χ1v) is 9.95. The number of rotatable bonds is 8. The van der Waals surface area contributed by atoms with E-state index in [0.29, 0.717) is 15.7 Å².